The summed E-state index contributed by atoms with van der Waals surface area (Å²) in [5.74, 6) is -0.373. The molecule has 16 heavy (non-hydrogen) atoms. The largest absolute Gasteiger partial charge is 0.405 e. The van der Waals surface area contributed by atoms with Gasteiger partial charge in [0.25, 0.3) is 0 Å². The Morgan fingerprint density at radius 1 is 1.56 bits per heavy atom. The van der Waals surface area contributed by atoms with E-state index < -0.39 is 23.3 Å². The highest BCUT2D eigenvalue weighted by molar-refractivity contribution is 5.59. The number of nitrogens with one attached hydrogen (secondary N) is 1. The molecule has 88 valence electrons. The van der Waals surface area contributed by atoms with Crippen LogP contribution in [0.4, 0.5) is 24.7 Å². The monoisotopic (exact) mass is 235 g/mol. The van der Waals surface area contributed by atoms with Gasteiger partial charge in [0.1, 0.15) is 6.54 Å². The molecule has 0 aromatic carbocycles. The Morgan fingerprint density at radius 2 is 2.19 bits per heavy atom. The summed E-state index contributed by atoms with van der Waals surface area (Å²) in [7, 11) is 0. The molecule has 0 aliphatic carbocycles. The lowest BCUT2D eigenvalue weighted by molar-refractivity contribution is -0.384. The first kappa shape index (κ1) is 12.2. The van der Waals surface area contributed by atoms with E-state index in [4.69, 9.17) is 0 Å². The molecular weight excluding hydrogens is 227 g/mol. The Morgan fingerprint density at radius 3 is 2.69 bits per heavy atom. The smallest absolute Gasteiger partial charge is 0.355 e. The standard InChI is InChI=1S/C8H8F3N3O2/c1-5-2-3-12-7(6(5)14(15)16)13-4-8(9,10)11/h2-3H,4H2,1H3,(H,12,13). The number of aromatic nitrogens is 1. The van der Waals surface area contributed by atoms with Crippen LogP contribution in [0, 0.1) is 17.0 Å². The van der Waals surface area contributed by atoms with Crippen LogP contribution < -0.4 is 5.32 Å². The number of anilines is 1. The van der Waals surface area contributed by atoms with E-state index in [-0.39, 0.29) is 11.4 Å². The second-order valence-corrected chi connectivity index (χ2v) is 3.05. The van der Waals surface area contributed by atoms with E-state index in [9.17, 15) is 23.3 Å². The van der Waals surface area contributed by atoms with Crippen molar-refractivity contribution in [3.8, 4) is 0 Å². The fourth-order valence-electron chi connectivity index (χ4n) is 1.09. The molecular formula is C8H8F3N3O2. The summed E-state index contributed by atoms with van der Waals surface area (Å²) in [5.41, 5.74) is -0.184. The first-order valence-corrected chi connectivity index (χ1v) is 4.22. The highest BCUT2D eigenvalue weighted by Crippen LogP contribution is 2.26. The third kappa shape index (κ3) is 3.07. The van der Waals surface area contributed by atoms with Gasteiger partial charge in [0, 0.05) is 11.8 Å². The zero-order valence-electron chi connectivity index (χ0n) is 8.21. The van der Waals surface area contributed by atoms with Crippen molar-refractivity contribution in [2.75, 3.05) is 11.9 Å². The Balaban J connectivity index is 2.96. The minimum absolute atomic E-state index is 0.254. The summed E-state index contributed by atoms with van der Waals surface area (Å²) in [4.78, 5) is 13.4. The molecule has 0 spiro atoms. The lowest BCUT2D eigenvalue weighted by atomic mass is 10.2. The van der Waals surface area contributed by atoms with Crippen LogP contribution in [-0.4, -0.2) is 22.6 Å². The van der Waals surface area contributed by atoms with Gasteiger partial charge in [-0.1, -0.05) is 0 Å². The molecule has 0 radical (unpaired) electrons. The molecule has 1 heterocycles. The number of halogens is 3. The first-order valence-electron chi connectivity index (χ1n) is 4.22. The number of alkyl halides is 3. The van der Waals surface area contributed by atoms with Gasteiger partial charge in [-0.2, -0.15) is 13.2 Å². The maximum absolute atomic E-state index is 11.9. The van der Waals surface area contributed by atoms with Crippen molar-refractivity contribution in [1.82, 2.24) is 4.98 Å². The zero-order chi connectivity index (χ0) is 12.3. The van der Waals surface area contributed by atoms with E-state index in [0.29, 0.717) is 0 Å². The quantitative estimate of drug-likeness (QED) is 0.644. The van der Waals surface area contributed by atoms with E-state index in [0.717, 1.165) is 0 Å². The number of rotatable bonds is 3. The molecule has 0 unspecified atom stereocenters. The van der Waals surface area contributed by atoms with Gasteiger partial charge < -0.3 is 5.32 Å². The van der Waals surface area contributed by atoms with Gasteiger partial charge in [-0.3, -0.25) is 10.1 Å². The number of nitro groups is 1. The van der Waals surface area contributed by atoms with Crippen molar-refractivity contribution in [2.45, 2.75) is 13.1 Å². The third-order valence-corrected chi connectivity index (χ3v) is 1.76. The molecule has 0 aliphatic rings. The van der Waals surface area contributed by atoms with Gasteiger partial charge in [-0.25, -0.2) is 4.98 Å². The molecule has 5 nitrogen and oxygen atoms in total. The molecule has 1 N–H and O–H groups in total. The van der Waals surface area contributed by atoms with Crippen LogP contribution in [0.2, 0.25) is 0 Å². The van der Waals surface area contributed by atoms with Gasteiger partial charge in [-0.15, -0.1) is 0 Å². The van der Waals surface area contributed by atoms with Gasteiger partial charge >= 0.3 is 11.9 Å². The third-order valence-electron chi connectivity index (χ3n) is 1.76. The van der Waals surface area contributed by atoms with Gasteiger partial charge in [0.15, 0.2) is 0 Å². The summed E-state index contributed by atoms with van der Waals surface area (Å²) < 4.78 is 35.7. The Hall–Kier alpha value is -1.86. The van der Waals surface area contributed by atoms with Gasteiger partial charge in [0.05, 0.1) is 4.92 Å². The van der Waals surface area contributed by atoms with E-state index in [1.54, 1.807) is 0 Å². The number of nitrogens with zero attached hydrogens (tertiary/aromatic N) is 2. The predicted molar refractivity (Wildman–Crippen MR) is 50.2 cm³/mol. The van der Waals surface area contributed by atoms with Crippen molar-refractivity contribution in [1.29, 1.82) is 0 Å². The minimum atomic E-state index is -4.45. The Labute approximate surface area is 88.4 Å². The summed E-state index contributed by atoms with van der Waals surface area (Å²) in [6.45, 7) is 0.0723. The molecule has 1 aromatic heterocycles. The summed E-state index contributed by atoms with van der Waals surface area (Å²) in [6, 6.07) is 1.36. The topological polar surface area (TPSA) is 68.1 Å². The predicted octanol–water partition coefficient (Wildman–Crippen LogP) is 2.27. The second-order valence-electron chi connectivity index (χ2n) is 3.05. The van der Waals surface area contributed by atoms with Gasteiger partial charge in [-0.05, 0) is 13.0 Å². The van der Waals surface area contributed by atoms with Crippen LogP contribution in [0.3, 0.4) is 0 Å². The zero-order valence-corrected chi connectivity index (χ0v) is 8.21. The lowest BCUT2D eigenvalue weighted by Crippen LogP contribution is -2.22. The molecule has 8 heteroatoms. The highest BCUT2D eigenvalue weighted by atomic mass is 19.4. The Bertz CT molecular complexity index is 406. The average Bonchev–Trinajstić information content (AvgIpc) is 2.12. The van der Waals surface area contributed by atoms with Crippen molar-refractivity contribution in [3.05, 3.63) is 27.9 Å². The summed E-state index contributed by atoms with van der Waals surface area (Å²) in [5, 5.41) is 12.5. The number of pyridine rings is 1. The summed E-state index contributed by atoms with van der Waals surface area (Å²) >= 11 is 0. The fraction of sp³-hybridized carbons (Fsp3) is 0.375. The molecule has 0 aliphatic heterocycles. The van der Waals surface area contributed by atoms with Crippen LogP contribution in [0.5, 0.6) is 0 Å². The molecule has 0 saturated heterocycles. The van der Waals surface area contributed by atoms with Crippen molar-refractivity contribution >= 4 is 11.5 Å². The average molecular weight is 235 g/mol. The molecule has 0 fully saturated rings. The minimum Gasteiger partial charge on any atom is -0.355 e. The van der Waals surface area contributed by atoms with Gasteiger partial charge in [0.2, 0.25) is 5.82 Å². The maximum Gasteiger partial charge on any atom is 0.405 e. The van der Waals surface area contributed by atoms with Crippen LogP contribution in [-0.2, 0) is 0 Å². The van der Waals surface area contributed by atoms with Crippen LogP contribution in [0.1, 0.15) is 5.56 Å². The normalized spacial score (nSPS) is 11.2. The molecule has 0 bridgehead atoms. The van der Waals surface area contributed by atoms with Crippen molar-refractivity contribution < 1.29 is 18.1 Å². The maximum atomic E-state index is 11.9. The molecule has 1 aromatic rings. The van der Waals surface area contributed by atoms with E-state index in [1.165, 1.54) is 19.2 Å². The van der Waals surface area contributed by atoms with Crippen LogP contribution in [0.15, 0.2) is 12.3 Å². The van der Waals surface area contributed by atoms with E-state index in [2.05, 4.69) is 4.98 Å². The molecule has 1 rings (SSSR count). The number of hydrogen-bond acceptors (Lipinski definition) is 4. The van der Waals surface area contributed by atoms with Crippen molar-refractivity contribution in [3.63, 3.8) is 0 Å². The van der Waals surface area contributed by atoms with E-state index >= 15 is 0 Å². The second kappa shape index (κ2) is 4.33. The van der Waals surface area contributed by atoms with E-state index in [1.807, 2.05) is 5.32 Å². The van der Waals surface area contributed by atoms with Crippen LogP contribution >= 0.6 is 0 Å². The van der Waals surface area contributed by atoms with Crippen LogP contribution in [0.25, 0.3) is 0 Å². The fourth-order valence-corrected chi connectivity index (χ4v) is 1.09. The molecule has 0 saturated carbocycles. The molecule has 0 atom stereocenters. The molecule has 0 amide bonds. The SMILES string of the molecule is Cc1ccnc(NCC(F)(F)F)c1[N+](=O)[O-]. The first-order chi connectivity index (χ1) is 7.31. The lowest BCUT2D eigenvalue weighted by Gasteiger charge is -2.09. The highest BCUT2D eigenvalue weighted by Gasteiger charge is 2.29. The summed E-state index contributed by atoms with van der Waals surface area (Å²) in [6.07, 6.45) is -3.24. The Kier molecular flexibility index (Phi) is 3.31. The number of aryl methyl sites for hydroxylation is 1. The number of hydrogen-bond donors (Lipinski definition) is 1. The van der Waals surface area contributed by atoms with Crippen molar-refractivity contribution in [2.24, 2.45) is 0 Å².